The molecular formula is C54H100I2N4. The van der Waals surface area contributed by atoms with Gasteiger partial charge in [-0.25, -0.2) is 9.13 Å². The van der Waals surface area contributed by atoms with Gasteiger partial charge in [-0.1, -0.05) is 193 Å². The minimum absolute atomic E-state index is 0. The summed E-state index contributed by atoms with van der Waals surface area (Å²) in [6, 6.07) is 9.22. The summed E-state index contributed by atoms with van der Waals surface area (Å²) in [5.41, 5.74) is 14.2. The second kappa shape index (κ2) is 48.1. The smallest absolute Gasteiger partial charge is 0.171 e. The number of aromatic nitrogens is 2. The van der Waals surface area contributed by atoms with Gasteiger partial charge < -0.3 is 59.4 Å². The first-order chi connectivity index (χ1) is 28.8. The Balaban J connectivity index is 0.0000174. The van der Waals surface area contributed by atoms with E-state index in [1.165, 1.54) is 281 Å². The Kier molecular flexibility index (Phi) is 47.9. The van der Waals surface area contributed by atoms with Gasteiger partial charge in [0.25, 0.3) is 0 Å². The lowest BCUT2D eigenvalue weighted by atomic mass is 10.0. The van der Waals surface area contributed by atoms with Gasteiger partial charge in [-0.3, -0.25) is 0 Å². The van der Waals surface area contributed by atoms with Crippen LogP contribution in [-0.4, -0.2) is 13.1 Å². The highest BCUT2D eigenvalue weighted by Crippen LogP contribution is 2.16. The summed E-state index contributed by atoms with van der Waals surface area (Å²) in [5, 5.41) is 0. The molecule has 6 heteroatoms. The molecular weight excluding hydrogens is 958 g/mol. The zero-order chi connectivity index (χ0) is 41.1. The molecule has 0 spiro atoms. The van der Waals surface area contributed by atoms with E-state index in [0.717, 1.165) is 13.1 Å². The van der Waals surface area contributed by atoms with E-state index in [1.54, 1.807) is 0 Å². The van der Waals surface area contributed by atoms with E-state index >= 15 is 0 Å². The van der Waals surface area contributed by atoms with E-state index in [2.05, 4.69) is 58.2 Å². The predicted octanol–water partition coefficient (Wildman–Crippen LogP) is 8.80. The van der Waals surface area contributed by atoms with Gasteiger partial charge in [0.1, 0.15) is 13.1 Å². The Morgan fingerprint density at radius 1 is 0.283 bits per heavy atom. The first-order valence-corrected chi connectivity index (χ1v) is 26.2. The molecule has 0 radical (unpaired) electrons. The number of pyridine rings is 2. The van der Waals surface area contributed by atoms with E-state index in [4.69, 9.17) is 11.5 Å². The molecule has 0 unspecified atom stereocenters. The number of nitrogens with zero attached hydrogens (tertiary/aromatic N) is 2. The number of nitrogens with two attached hydrogens (primary N) is 2. The molecule has 4 nitrogen and oxygen atoms in total. The van der Waals surface area contributed by atoms with Gasteiger partial charge in [-0.05, 0) is 76.6 Å². The predicted molar refractivity (Wildman–Crippen MR) is 254 cm³/mol. The number of aryl methyl sites for hydroxylation is 4. The van der Waals surface area contributed by atoms with Gasteiger partial charge in [0.2, 0.25) is 0 Å². The number of hydrogen-bond donors (Lipinski definition) is 2. The summed E-state index contributed by atoms with van der Waals surface area (Å²) < 4.78 is 4.89. The van der Waals surface area contributed by atoms with Gasteiger partial charge in [0.15, 0.2) is 24.8 Å². The van der Waals surface area contributed by atoms with Gasteiger partial charge in [0, 0.05) is 36.1 Å². The Labute approximate surface area is 408 Å². The van der Waals surface area contributed by atoms with Crippen LogP contribution in [0.1, 0.15) is 255 Å². The van der Waals surface area contributed by atoms with Crippen molar-refractivity contribution in [3.63, 3.8) is 0 Å². The largest absolute Gasteiger partial charge is 1.00 e. The lowest BCUT2D eigenvalue weighted by Gasteiger charge is -2.05. The molecule has 2 rings (SSSR count). The highest BCUT2D eigenvalue weighted by atomic mass is 127. The molecule has 0 atom stereocenters. The van der Waals surface area contributed by atoms with Crippen LogP contribution in [0.15, 0.2) is 49.1 Å². The monoisotopic (exact) mass is 1060 g/mol. The Hall–Kier alpha value is -0.320. The van der Waals surface area contributed by atoms with Crippen molar-refractivity contribution in [2.45, 2.75) is 270 Å². The normalized spacial score (nSPS) is 11.2. The average Bonchev–Trinajstić information content (AvgIpc) is 3.24. The average molecular weight is 1060 g/mol. The van der Waals surface area contributed by atoms with E-state index in [0.29, 0.717) is 0 Å². The Bertz CT molecular complexity index is 1040. The molecule has 2 aromatic rings. The fraction of sp³-hybridized carbons (Fsp3) is 0.815. The third kappa shape index (κ3) is 39.3. The van der Waals surface area contributed by atoms with Crippen LogP contribution < -0.4 is 68.6 Å². The van der Waals surface area contributed by atoms with Crippen molar-refractivity contribution in [1.29, 1.82) is 0 Å². The molecule has 0 aliphatic rings. The Morgan fingerprint density at radius 3 is 0.750 bits per heavy atom. The molecule has 0 fully saturated rings. The van der Waals surface area contributed by atoms with Crippen molar-refractivity contribution in [3.05, 3.63) is 60.2 Å². The van der Waals surface area contributed by atoms with Crippen molar-refractivity contribution in [2.75, 3.05) is 13.1 Å². The van der Waals surface area contributed by atoms with Crippen LogP contribution in [0.25, 0.3) is 0 Å². The zero-order valence-corrected chi connectivity index (χ0v) is 43.9. The third-order valence-corrected chi connectivity index (χ3v) is 12.8. The first kappa shape index (κ1) is 59.7. The van der Waals surface area contributed by atoms with Crippen molar-refractivity contribution >= 4 is 0 Å². The quantitative estimate of drug-likeness (QED) is 0.0396. The third-order valence-electron chi connectivity index (χ3n) is 12.8. The maximum Gasteiger partial charge on any atom is 0.171 e. The van der Waals surface area contributed by atoms with Crippen LogP contribution in [0, 0.1) is 0 Å². The van der Waals surface area contributed by atoms with Crippen LogP contribution >= 0.6 is 0 Å². The van der Waals surface area contributed by atoms with E-state index < -0.39 is 0 Å². The van der Waals surface area contributed by atoms with Crippen LogP contribution in [0.3, 0.4) is 0 Å². The molecule has 4 N–H and O–H groups in total. The highest BCUT2D eigenvalue weighted by molar-refractivity contribution is 5.05. The van der Waals surface area contributed by atoms with Gasteiger partial charge in [-0.15, -0.1) is 0 Å². The summed E-state index contributed by atoms with van der Waals surface area (Å²) in [6.07, 6.45) is 64.9. The minimum Gasteiger partial charge on any atom is -1.00 e. The van der Waals surface area contributed by atoms with Crippen molar-refractivity contribution in [1.82, 2.24) is 0 Å². The summed E-state index contributed by atoms with van der Waals surface area (Å²) >= 11 is 0. The fourth-order valence-corrected chi connectivity index (χ4v) is 8.92. The SMILES string of the molecule is NCCCCCCCCCCCCCCCC[n+]1cccc(CCCCCCCCCCCCc2ccc[n+](CCCCCCCCCCCCCCCCN)c2)c1.[I-].[I-]. The highest BCUT2D eigenvalue weighted by Gasteiger charge is 2.06. The van der Waals surface area contributed by atoms with E-state index in [1.807, 2.05) is 0 Å². The Morgan fingerprint density at radius 2 is 0.500 bits per heavy atom. The molecule has 350 valence electrons. The number of unbranched alkanes of at least 4 members (excludes halogenated alkanes) is 35. The number of hydrogen-bond acceptors (Lipinski definition) is 2. The van der Waals surface area contributed by atoms with E-state index in [-0.39, 0.29) is 48.0 Å². The van der Waals surface area contributed by atoms with Crippen LogP contribution in [0.4, 0.5) is 0 Å². The van der Waals surface area contributed by atoms with E-state index in [9.17, 15) is 0 Å². The first-order valence-electron chi connectivity index (χ1n) is 26.2. The van der Waals surface area contributed by atoms with Gasteiger partial charge >= 0.3 is 0 Å². The minimum atomic E-state index is 0. The van der Waals surface area contributed by atoms with Crippen molar-refractivity contribution in [3.8, 4) is 0 Å². The molecule has 0 aliphatic heterocycles. The standard InChI is InChI=1S/C54H100N4.2HI/c55-45-35-29-23-17-11-5-1-3-7-13-19-25-31-37-47-57-49-39-43-53(51-57)41-33-27-21-15-9-10-16-22-28-34-42-54-44-40-50-58(52-54)48-38-32-26-20-14-8-4-2-6-12-18-24-30-36-46-56;;/h39-40,43-44,49-52H,1-38,41-42,45-48,55-56H2;2*1H/q+2;;/p-2. The molecule has 0 saturated heterocycles. The number of rotatable bonds is 45. The molecule has 2 aromatic heterocycles. The van der Waals surface area contributed by atoms with Crippen molar-refractivity contribution < 1.29 is 57.1 Å². The maximum absolute atomic E-state index is 5.58. The second-order valence-electron chi connectivity index (χ2n) is 18.4. The van der Waals surface area contributed by atoms with Crippen LogP contribution in [0.2, 0.25) is 0 Å². The van der Waals surface area contributed by atoms with Crippen molar-refractivity contribution in [2.24, 2.45) is 11.5 Å². The fourth-order valence-electron chi connectivity index (χ4n) is 8.92. The summed E-state index contributed by atoms with van der Waals surface area (Å²) in [7, 11) is 0. The topological polar surface area (TPSA) is 59.8 Å². The molecule has 0 aromatic carbocycles. The van der Waals surface area contributed by atoms with Crippen LogP contribution in [0.5, 0.6) is 0 Å². The van der Waals surface area contributed by atoms with Gasteiger partial charge in [-0.2, -0.15) is 0 Å². The lowest BCUT2D eigenvalue weighted by Crippen LogP contribution is -3.00. The molecule has 2 heterocycles. The lowest BCUT2D eigenvalue weighted by molar-refractivity contribution is -0.697. The maximum atomic E-state index is 5.58. The zero-order valence-electron chi connectivity index (χ0n) is 39.5. The van der Waals surface area contributed by atoms with Gasteiger partial charge in [0.05, 0.1) is 0 Å². The second-order valence-corrected chi connectivity index (χ2v) is 18.4. The summed E-state index contributed by atoms with van der Waals surface area (Å²) in [4.78, 5) is 0. The summed E-state index contributed by atoms with van der Waals surface area (Å²) in [5.74, 6) is 0. The molecule has 0 saturated carbocycles. The van der Waals surface area contributed by atoms with Crippen LogP contribution in [-0.2, 0) is 25.9 Å². The molecule has 0 amide bonds. The molecule has 0 bridgehead atoms. The molecule has 0 aliphatic carbocycles. The summed E-state index contributed by atoms with van der Waals surface area (Å²) in [6.45, 7) is 4.10. The number of halogens is 2. The molecule has 60 heavy (non-hydrogen) atoms.